The van der Waals surface area contributed by atoms with Gasteiger partial charge in [0.15, 0.2) is 11.5 Å². The van der Waals surface area contributed by atoms with Crippen molar-refractivity contribution in [3.05, 3.63) is 53.4 Å². The number of hydrogen-bond acceptors (Lipinski definition) is 6. The second kappa shape index (κ2) is 8.34. The molecular formula is C22H23N3O4. The van der Waals surface area contributed by atoms with E-state index in [1.807, 2.05) is 12.1 Å². The summed E-state index contributed by atoms with van der Waals surface area (Å²) in [4.78, 5) is 16.7. The van der Waals surface area contributed by atoms with Gasteiger partial charge < -0.3 is 19.3 Å². The van der Waals surface area contributed by atoms with Crippen molar-refractivity contribution < 1.29 is 18.8 Å². The highest BCUT2D eigenvalue weighted by atomic mass is 16.5. The molecule has 4 rings (SSSR count). The molecule has 0 aliphatic heterocycles. The first-order valence-electron chi connectivity index (χ1n) is 9.63. The van der Waals surface area contributed by atoms with Crippen LogP contribution in [0.4, 0.5) is 5.69 Å². The summed E-state index contributed by atoms with van der Waals surface area (Å²) in [5, 5.41) is 6.95. The van der Waals surface area contributed by atoms with Crippen LogP contribution in [0.25, 0.3) is 11.4 Å². The predicted molar refractivity (Wildman–Crippen MR) is 108 cm³/mol. The van der Waals surface area contributed by atoms with E-state index >= 15 is 0 Å². The average Bonchev–Trinajstić information content (AvgIpc) is 3.41. The van der Waals surface area contributed by atoms with E-state index in [4.69, 9.17) is 14.0 Å². The van der Waals surface area contributed by atoms with Gasteiger partial charge in [-0.05, 0) is 60.7 Å². The summed E-state index contributed by atoms with van der Waals surface area (Å²) < 4.78 is 15.8. The lowest BCUT2D eigenvalue weighted by Crippen LogP contribution is -2.12. The normalized spacial score (nSPS) is 12.5. The molecule has 7 nitrogen and oxygen atoms in total. The van der Waals surface area contributed by atoms with E-state index in [1.54, 1.807) is 26.4 Å². The smallest absolute Gasteiger partial charge is 0.227 e. The Morgan fingerprint density at radius 3 is 2.72 bits per heavy atom. The van der Waals surface area contributed by atoms with Crippen molar-refractivity contribution in [2.45, 2.75) is 32.1 Å². The van der Waals surface area contributed by atoms with E-state index in [0.717, 1.165) is 24.1 Å². The van der Waals surface area contributed by atoms with Gasteiger partial charge in [0.1, 0.15) is 0 Å². The molecule has 1 N–H and O–H groups in total. The van der Waals surface area contributed by atoms with E-state index in [1.165, 1.54) is 17.5 Å². The van der Waals surface area contributed by atoms with Crippen molar-refractivity contribution >= 4 is 11.6 Å². The Morgan fingerprint density at radius 1 is 1.07 bits per heavy atom. The third-order valence-corrected chi connectivity index (χ3v) is 5.06. The first kappa shape index (κ1) is 19.0. The summed E-state index contributed by atoms with van der Waals surface area (Å²) in [6.45, 7) is 0. The number of aryl methyl sites for hydroxylation is 3. The number of fused-ring (bicyclic) bond motifs is 1. The summed E-state index contributed by atoms with van der Waals surface area (Å²) in [7, 11) is 3.15. The third-order valence-electron chi connectivity index (χ3n) is 5.06. The maximum absolute atomic E-state index is 12.3. The number of hydrogen-bond donors (Lipinski definition) is 1. The minimum absolute atomic E-state index is 0.0752. The van der Waals surface area contributed by atoms with Crippen LogP contribution in [0, 0.1) is 0 Å². The Morgan fingerprint density at radius 2 is 1.90 bits per heavy atom. The largest absolute Gasteiger partial charge is 0.493 e. The molecule has 0 radical (unpaired) electrons. The molecule has 1 aromatic heterocycles. The van der Waals surface area contributed by atoms with E-state index in [2.05, 4.69) is 27.6 Å². The maximum Gasteiger partial charge on any atom is 0.227 e. The number of methoxy groups -OCH3 is 2. The fraction of sp³-hybridized carbons (Fsp3) is 0.318. The third kappa shape index (κ3) is 4.23. The number of amides is 1. The maximum atomic E-state index is 12.3. The van der Waals surface area contributed by atoms with Crippen LogP contribution in [0.5, 0.6) is 11.5 Å². The topological polar surface area (TPSA) is 86.5 Å². The molecule has 0 spiro atoms. The Kier molecular flexibility index (Phi) is 5.46. The second-order valence-electron chi connectivity index (χ2n) is 6.97. The first-order chi connectivity index (χ1) is 14.2. The summed E-state index contributed by atoms with van der Waals surface area (Å²) >= 11 is 0. The van der Waals surface area contributed by atoms with Gasteiger partial charge in [0.05, 0.1) is 14.2 Å². The zero-order valence-corrected chi connectivity index (χ0v) is 16.5. The molecule has 0 unspecified atom stereocenters. The number of ether oxygens (including phenoxy) is 2. The van der Waals surface area contributed by atoms with E-state index in [-0.39, 0.29) is 12.3 Å². The minimum Gasteiger partial charge on any atom is -0.493 e. The van der Waals surface area contributed by atoms with Gasteiger partial charge in [-0.15, -0.1) is 0 Å². The van der Waals surface area contributed by atoms with Crippen molar-refractivity contribution in [2.24, 2.45) is 0 Å². The van der Waals surface area contributed by atoms with E-state index in [0.29, 0.717) is 29.6 Å². The van der Waals surface area contributed by atoms with Gasteiger partial charge in [0.2, 0.25) is 17.6 Å². The fourth-order valence-corrected chi connectivity index (χ4v) is 3.54. The number of benzene rings is 2. The van der Waals surface area contributed by atoms with E-state index in [9.17, 15) is 4.79 Å². The Labute approximate surface area is 169 Å². The number of carbonyl (C=O) groups excluding carboxylic acids is 1. The number of rotatable bonds is 7. The van der Waals surface area contributed by atoms with E-state index < -0.39 is 0 Å². The quantitative estimate of drug-likeness (QED) is 0.657. The molecule has 7 heteroatoms. The van der Waals surface area contributed by atoms with Crippen LogP contribution >= 0.6 is 0 Å². The molecule has 150 valence electrons. The molecule has 1 heterocycles. The van der Waals surface area contributed by atoms with Gasteiger partial charge in [0, 0.05) is 24.1 Å². The zero-order chi connectivity index (χ0) is 20.2. The monoisotopic (exact) mass is 393 g/mol. The van der Waals surface area contributed by atoms with Crippen LogP contribution in [-0.4, -0.2) is 30.3 Å². The number of aromatic nitrogens is 2. The molecule has 1 aliphatic carbocycles. The molecule has 0 fully saturated rings. The molecular weight excluding hydrogens is 370 g/mol. The predicted octanol–water partition coefficient (Wildman–Crippen LogP) is 3.81. The molecule has 0 saturated heterocycles. The van der Waals surface area contributed by atoms with Crippen LogP contribution in [-0.2, 0) is 24.1 Å². The number of anilines is 1. The molecule has 0 atom stereocenters. The minimum atomic E-state index is -0.0752. The highest BCUT2D eigenvalue weighted by Gasteiger charge is 2.15. The lowest BCUT2D eigenvalue weighted by atomic mass is 10.1. The number of carbonyl (C=O) groups is 1. The van der Waals surface area contributed by atoms with Gasteiger partial charge >= 0.3 is 0 Å². The second-order valence-corrected chi connectivity index (χ2v) is 6.97. The number of nitrogens with one attached hydrogen (secondary N) is 1. The van der Waals surface area contributed by atoms with Crippen molar-refractivity contribution in [1.82, 2.24) is 10.1 Å². The first-order valence-corrected chi connectivity index (χ1v) is 9.63. The van der Waals surface area contributed by atoms with Gasteiger partial charge in [-0.3, -0.25) is 4.79 Å². The average molecular weight is 393 g/mol. The molecule has 1 aliphatic rings. The van der Waals surface area contributed by atoms with Crippen molar-refractivity contribution in [3.63, 3.8) is 0 Å². The van der Waals surface area contributed by atoms with Crippen LogP contribution in [0.1, 0.15) is 29.9 Å². The van der Waals surface area contributed by atoms with Crippen molar-refractivity contribution in [2.75, 3.05) is 19.5 Å². The highest BCUT2D eigenvalue weighted by Crippen LogP contribution is 2.31. The summed E-state index contributed by atoms with van der Waals surface area (Å²) in [6, 6.07) is 11.5. The lowest BCUT2D eigenvalue weighted by Gasteiger charge is -2.07. The SMILES string of the molecule is COc1ccc(-c2noc(CCC(=O)Nc3ccc4c(c3)CCC4)n2)cc1OC. The van der Waals surface area contributed by atoms with Crippen molar-refractivity contribution in [1.29, 1.82) is 0 Å². The fourth-order valence-electron chi connectivity index (χ4n) is 3.54. The highest BCUT2D eigenvalue weighted by molar-refractivity contribution is 5.90. The number of nitrogens with zero attached hydrogens (tertiary/aromatic N) is 2. The molecule has 3 aromatic rings. The van der Waals surface area contributed by atoms with Gasteiger partial charge in [-0.2, -0.15) is 4.98 Å². The van der Waals surface area contributed by atoms with Gasteiger partial charge in [-0.1, -0.05) is 11.2 Å². The standard InChI is InChI=1S/C22H23N3O4/c1-27-18-9-7-16(13-19(18)28-2)22-24-21(29-25-22)11-10-20(26)23-17-8-6-14-4-3-5-15(14)12-17/h6-9,12-13H,3-5,10-11H2,1-2H3,(H,23,26). The Bertz CT molecular complexity index is 1030. The molecule has 0 saturated carbocycles. The zero-order valence-electron chi connectivity index (χ0n) is 16.5. The van der Waals surface area contributed by atoms with Crippen molar-refractivity contribution in [3.8, 4) is 22.9 Å². The summed E-state index contributed by atoms with van der Waals surface area (Å²) in [5.74, 6) is 2.00. The molecule has 29 heavy (non-hydrogen) atoms. The Balaban J connectivity index is 1.36. The summed E-state index contributed by atoms with van der Waals surface area (Å²) in [5.41, 5.74) is 4.31. The Hall–Kier alpha value is -3.35. The molecule has 1 amide bonds. The lowest BCUT2D eigenvalue weighted by molar-refractivity contribution is -0.116. The van der Waals surface area contributed by atoms with Crippen LogP contribution < -0.4 is 14.8 Å². The summed E-state index contributed by atoms with van der Waals surface area (Å²) in [6.07, 6.45) is 4.04. The molecule has 2 aromatic carbocycles. The molecule has 0 bridgehead atoms. The van der Waals surface area contributed by atoms with Crippen LogP contribution in [0.15, 0.2) is 40.9 Å². The van der Waals surface area contributed by atoms with Gasteiger partial charge in [-0.25, -0.2) is 0 Å². The van der Waals surface area contributed by atoms with Crippen LogP contribution in [0.3, 0.4) is 0 Å². The van der Waals surface area contributed by atoms with Gasteiger partial charge in [0.25, 0.3) is 0 Å². The van der Waals surface area contributed by atoms with Crippen LogP contribution in [0.2, 0.25) is 0 Å².